The van der Waals surface area contributed by atoms with Crippen molar-refractivity contribution in [2.75, 3.05) is 26.2 Å². The summed E-state index contributed by atoms with van der Waals surface area (Å²) in [6.07, 6.45) is 6.41. The minimum absolute atomic E-state index is 0.812. The molecule has 4 nitrogen and oxygen atoms in total. The van der Waals surface area contributed by atoms with Crippen molar-refractivity contribution < 1.29 is 0 Å². The lowest BCUT2D eigenvalue weighted by Crippen LogP contribution is -2.27. The number of aromatic nitrogens is 2. The van der Waals surface area contributed by atoms with Gasteiger partial charge in [-0.1, -0.05) is 13.8 Å². The summed E-state index contributed by atoms with van der Waals surface area (Å²) in [6, 6.07) is 0. The van der Waals surface area contributed by atoms with Crippen LogP contribution in [-0.2, 0) is 6.54 Å². The minimum Gasteiger partial charge on any atom is -0.311 e. The summed E-state index contributed by atoms with van der Waals surface area (Å²) < 4.78 is 0. The van der Waals surface area contributed by atoms with E-state index in [9.17, 15) is 0 Å². The molecule has 0 amide bonds. The standard InChI is InChI=1S/C12H22N4/c1-3-16(4-2)9-5-6-13-10-12-11-14-7-8-15-12/h7-8,11,13H,3-6,9-10H2,1-2H3. The van der Waals surface area contributed by atoms with Crippen LogP contribution in [0.15, 0.2) is 18.6 Å². The molecular formula is C12H22N4. The molecule has 1 aromatic rings. The molecule has 0 saturated carbocycles. The lowest BCUT2D eigenvalue weighted by molar-refractivity contribution is 0.298. The van der Waals surface area contributed by atoms with Crippen LogP contribution < -0.4 is 5.32 Å². The summed E-state index contributed by atoms with van der Waals surface area (Å²) in [5.74, 6) is 0. The number of nitrogens with one attached hydrogen (secondary N) is 1. The van der Waals surface area contributed by atoms with Crippen molar-refractivity contribution in [3.8, 4) is 0 Å². The zero-order chi connectivity index (χ0) is 11.6. The third kappa shape index (κ3) is 5.19. The van der Waals surface area contributed by atoms with Gasteiger partial charge in [-0.25, -0.2) is 0 Å². The molecule has 0 saturated heterocycles. The zero-order valence-electron chi connectivity index (χ0n) is 10.3. The van der Waals surface area contributed by atoms with Crippen LogP contribution in [0.3, 0.4) is 0 Å². The molecule has 1 rings (SSSR count). The van der Waals surface area contributed by atoms with Gasteiger partial charge in [-0.3, -0.25) is 9.97 Å². The molecule has 0 aliphatic heterocycles. The first-order chi connectivity index (χ1) is 7.86. The lowest BCUT2D eigenvalue weighted by Gasteiger charge is -2.17. The molecule has 0 atom stereocenters. The molecule has 90 valence electrons. The number of rotatable bonds is 8. The second-order valence-corrected chi connectivity index (χ2v) is 3.75. The van der Waals surface area contributed by atoms with Crippen molar-refractivity contribution >= 4 is 0 Å². The van der Waals surface area contributed by atoms with Crippen LogP contribution in [-0.4, -0.2) is 41.0 Å². The zero-order valence-corrected chi connectivity index (χ0v) is 10.3. The van der Waals surface area contributed by atoms with Crippen molar-refractivity contribution in [3.05, 3.63) is 24.3 Å². The summed E-state index contributed by atoms with van der Waals surface area (Å²) in [4.78, 5) is 10.7. The maximum Gasteiger partial charge on any atom is 0.0724 e. The Bertz CT molecular complexity index is 259. The van der Waals surface area contributed by atoms with Gasteiger partial charge >= 0.3 is 0 Å². The van der Waals surface area contributed by atoms with E-state index in [1.54, 1.807) is 18.6 Å². The molecule has 1 N–H and O–H groups in total. The highest BCUT2D eigenvalue weighted by Crippen LogP contribution is 1.91. The summed E-state index contributed by atoms with van der Waals surface area (Å²) in [7, 11) is 0. The van der Waals surface area contributed by atoms with Gasteiger partial charge < -0.3 is 10.2 Å². The second kappa shape index (κ2) is 8.19. The molecule has 1 aromatic heterocycles. The third-order valence-electron chi connectivity index (χ3n) is 2.65. The molecule has 0 aliphatic carbocycles. The first-order valence-corrected chi connectivity index (χ1v) is 6.04. The van der Waals surface area contributed by atoms with Crippen molar-refractivity contribution in [2.24, 2.45) is 0 Å². The van der Waals surface area contributed by atoms with Crippen LogP contribution in [0.4, 0.5) is 0 Å². The van der Waals surface area contributed by atoms with Crippen molar-refractivity contribution in [2.45, 2.75) is 26.8 Å². The average molecular weight is 222 g/mol. The molecule has 0 bridgehead atoms. The van der Waals surface area contributed by atoms with Crippen molar-refractivity contribution in [1.82, 2.24) is 20.2 Å². The Labute approximate surface area is 98.1 Å². The van der Waals surface area contributed by atoms with E-state index >= 15 is 0 Å². The second-order valence-electron chi connectivity index (χ2n) is 3.75. The summed E-state index contributed by atoms with van der Waals surface area (Å²) >= 11 is 0. The molecule has 0 radical (unpaired) electrons. The van der Waals surface area contributed by atoms with Gasteiger partial charge in [-0.15, -0.1) is 0 Å². The Hall–Kier alpha value is -1.00. The first-order valence-electron chi connectivity index (χ1n) is 6.04. The van der Waals surface area contributed by atoms with Gasteiger partial charge in [0, 0.05) is 25.1 Å². The maximum atomic E-state index is 4.21. The number of hydrogen-bond donors (Lipinski definition) is 1. The Morgan fingerprint density at radius 1 is 1.25 bits per heavy atom. The fraction of sp³-hybridized carbons (Fsp3) is 0.667. The van der Waals surface area contributed by atoms with E-state index in [4.69, 9.17) is 0 Å². The van der Waals surface area contributed by atoms with Crippen LogP contribution in [0.25, 0.3) is 0 Å². The molecule has 16 heavy (non-hydrogen) atoms. The van der Waals surface area contributed by atoms with Crippen LogP contribution in [0, 0.1) is 0 Å². The Balaban J connectivity index is 2.04. The summed E-state index contributed by atoms with van der Waals surface area (Å²) in [5, 5.41) is 3.38. The third-order valence-corrected chi connectivity index (χ3v) is 2.65. The van der Waals surface area contributed by atoms with E-state index in [1.807, 2.05) is 0 Å². The Morgan fingerprint density at radius 3 is 2.69 bits per heavy atom. The predicted octanol–water partition coefficient (Wildman–Crippen LogP) is 1.30. The monoisotopic (exact) mass is 222 g/mol. The molecule has 0 aromatic carbocycles. The first kappa shape index (κ1) is 13.1. The topological polar surface area (TPSA) is 41.0 Å². The SMILES string of the molecule is CCN(CC)CCCNCc1cnccn1. The summed E-state index contributed by atoms with van der Waals surface area (Å²) in [5.41, 5.74) is 1.00. The quantitative estimate of drug-likeness (QED) is 0.673. The van der Waals surface area contributed by atoms with Gasteiger partial charge in [0.15, 0.2) is 0 Å². The average Bonchev–Trinajstić information content (AvgIpc) is 2.35. The van der Waals surface area contributed by atoms with E-state index in [-0.39, 0.29) is 0 Å². The molecule has 1 heterocycles. The smallest absolute Gasteiger partial charge is 0.0724 e. The van der Waals surface area contributed by atoms with Crippen molar-refractivity contribution in [1.29, 1.82) is 0 Å². The summed E-state index contributed by atoms with van der Waals surface area (Å²) in [6.45, 7) is 9.70. The maximum absolute atomic E-state index is 4.21. The molecule has 0 unspecified atom stereocenters. The van der Waals surface area contributed by atoms with E-state index in [1.165, 1.54) is 13.0 Å². The largest absolute Gasteiger partial charge is 0.311 e. The highest BCUT2D eigenvalue weighted by Gasteiger charge is 1.98. The predicted molar refractivity (Wildman–Crippen MR) is 66.1 cm³/mol. The Morgan fingerprint density at radius 2 is 2.06 bits per heavy atom. The van der Waals surface area contributed by atoms with Crippen molar-refractivity contribution in [3.63, 3.8) is 0 Å². The van der Waals surface area contributed by atoms with Gasteiger partial charge in [0.25, 0.3) is 0 Å². The van der Waals surface area contributed by atoms with Gasteiger partial charge in [-0.05, 0) is 32.6 Å². The number of nitrogens with zero attached hydrogens (tertiary/aromatic N) is 3. The van der Waals surface area contributed by atoms with Gasteiger partial charge in [0.05, 0.1) is 5.69 Å². The fourth-order valence-corrected chi connectivity index (χ4v) is 1.61. The van der Waals surface area contributed by atoms with E-state index in [0.29, 0.717) is 0 Å². The number of hydrogen-bond acceptors (Lipinski definition) is 4. The van der Waals surface area contributed by atoms with Crippen LogP contribution in [0.5, 0.6) is 0 Å². The molecule has 0 aliphatic rings. The highest BCUT2D eigenvalue weighted by atomic mass is 15.1. The van der Waals surface area contributed by atoms with E-state index in [0.717, 1.165) is 31.9 Å². The fourth-order valence-electron chi connectivity index (χ4n) is 1.61. The van der Waals surface area contributed by atoms with Crippen LogP contribution in [0.2, 0.25) is 0 Å². The minimum atomic E-state index is 0.812. The van der Waals surface area contributed by atoms with Gasteiger partial charge in [-0.2, -0.15) is 0 Å². The van der Waals surface area contributed by atoms with Crippen LogP contribution >= 0.6 is 0 Å². The molecule has 4 heteroatoms. The highest BCUT2D eigenvalue weighted by molar-refractivity contribution is 4.93. The van der Waals surface area contributed by atoms with E-state index in [2.05, 4.69) is 34.0 Å². The normalized spacial score (nSPS) is 10.9. The molecule has 0 fully saturated rings. The lowest BCUT2D eigenvalue weighted by atomic mass is 10.3. The Kier molecular flexibility index (Phi) is 6.69. The molecule has 0 spiro atoms. The van der Waals surface area contributed by atoms with Gasteiger partial charge in [0.1, 0.15) is 0 Å². The molecular weight excluding hydrogens is 200 g/mol. The van der Waals surface area contributed by atoms with E-state index < -0.39 is 0 Å². The van der Waals surface area contributed by atoms with Gasteiger partial charge in [0.2, 0.25) is 0 Å². The van der Waals surface area contributed by atoms with Crippen LogP contribution in [0.1, 0.15) is 26.0 Å².